The van der Waals surface area contributed by atoms with E-state index in [9.17, 15) is 0 Å². The molecule has 0 amide bonds. The molecule has 0 saturated carbocycles. The first kappa shape index (κ1) is 14.3. The largest absolute Gasteiger partial charge is 0.490 e. The first-order valence-corrected chi connectivity index (χ1v) is 6.80. The minimum atomic E-state index is 0.544. The quantitative estimate of drug-likeness (QED) is 0.591. The Morgan fingerprint density at radius 3 is 2.75 bits per heavy atom. The van der Waals surface area contributed by atoms with Crippen molar-refractivity contribution < 1.29 is 4.74 Å². The first-order valence-electron chi connectivity index (χ1n) is 6.80. The lowest BCUT2D eigenvalue weighted by Crippen LogP contribution is -2.17. The van der Waals surface area contributed by atoms with E-state index < -0.39 is 0 Å². The monoisotopic (exact) mass is 271 g/mol. The third-order valence-electron chi connectivity index (χ3n) is 3.10. The number of aryl methyl sites for hydroxylation is 1. The van der Waals surface area contributed by atoms with Gasteiger partial charge in [-0.2, -0.15) is 5.10 Å². The Bertz CT molecular complexity index is 531. The van der Waals surface area contributed by atoms with Gasteiger partial charge < -0.3 is 10.1 Å². The summed E-state index contributed by atoms with van der Waals surface area (Å²) in [7, 11) is 1.97. The summed E-state index contributed by atoms with van der Waals surface area (Å²) in [6.45, 7) is 5.97. The average Bonchev–Trinajstić information content (AvgIpc) is 2.88. The number of nitrogens with zero attached hydrogens (tertiary/aromatic N) is 2. The van der Waals surface area contributed by atoms with E-state index in [4.69, 9.17) is 4.74 Å². The molecule has 2 aromatic rings. The lowest BCUT2D eigenvalue weighted by molar-refractivity contribution is 0.363. The Kier molecular flexibility index (Phi) is 5.38. The van der Waals surface area contributed by atoms with Gasteiger partial charge in [0, 0.05) is 38.4 Å². The third-order valence-corrected chi connectivity index (χ3v) is 3.10. The van der Waals surface area contributed by atoms with Crippen LogP contribution in [0.25, 0.3) is 0 Å². The van der Waals surface area contributed by atoms with Crippen molar-refractivity contribution in [2.75, 3.05) is 13.2 Å². The maximum atomic E-state index is 5.45. The van der Waals surface area contributed by atoms with Gasteiger partial charge >= 0.3 is 0 Å². The molecular formula is C16H21N3O. The van der Waals surface area contributed by atoms with Gasteiger partial charge in [0.15, 0.2) is 0 Å². The zero-order valence-corrected chi connectivity index (χ0v) is 11.9. The predicted octanol–water partition coefficient (Wildman–Crippen LogP) is 2.32. The predicted molar refractivity (Wildman–Crippen MR) is 80.8 cm³/mol. The second kappa shape index (κ2) is 7.50. The molecule has 0 aliphatic heterocycles. The van der Waals surface area contributed by atoms with E-state index >= 15 is 0 Å². The second-order valence-electron chi connectivity index (χ2n) is 4.62. The Morgan fingerprint density at radius 1 is 1.30 bits per heavy atom. The molecule has 0 fully saturated rings. The molecule has 4 heteroatoms. The number of ether oxygens (including phenoxy) is 1. The highest BCUT2D eigenvalue weighted by Crippen LogP contribution is 2.12. The fourth-order valence-corrected chi connectivity index (χ4v) is 1.95. The van der Waals surface area contributed by atoms with Crippen molar-refractivity contribution in [3.05, 3.63) is 60.4 Å². The summed E-state index contributed by atoms with van der Waals surface area (Å²) in [4.78, 5) is 0. The topological polar surface area (TPSA) is 39.1 Å². The summed E-state index contributed by atoms with van der Waals surface area (Å²) in [5, 5.41) is 7.59. The van der Waals surface area contributed by atoms with E-state index in [1.807, 2.05) is 36.1 Å². The summed E-state index contributed by atoms with van der Waals surface area (Å²) in [5.41, 5.74) is 2.49. The van der Waals surface area contributed by atoms with Crippen LogP contribution in [-0.2, 0) is 20.0 Å². The van der Waals surface area contributed by atoms with Crippen LogP contribution in [-0.4, -0.2) is 22.9 Å². The van der Waals surface area contributed by atoms with Crippen LogP contribution in [0.5, 0.6) is 5.75 Å². The molecular weight excluding hydrogens is 250 g/mol. The Hall–Kier alpha value is -2.07. The summed E-state index contributed by atoms with van der Waals surface area (Å²) < 4.78 is 7.36. The van der Waals surface area contributed by atoms with Crippen LogP contribution in [0.4, 0.5) is 0 Å². The number of aromatic nitrogens is 2. The molecule has 0 bridgehead atoms. The highest BCUT2D eigenvalue weighted by molar-refractivity contribution is 5.27. The summed E-state index contributed by atoms with van der Waals surface area (Å²) in [5.74, 6) is 0.878. The van der Waals surface area contributed by atoms with Gasteiger partial charge in [0.05, 0.1) is 0 Å². The lowest BCUT2D eigenvalue weighted by Gasteiger charge is -2.07. The molecule has 1 aromatic carbocycles. The molecule has 1 N–H and O–H groups in total. The van der Waals surface area contributed by atoms with Crippen molar-refractivity contribution in [3.63, 3.8) is 0 Å². The van der Waals surface area contributed by atoms with Gasteiger partial charge in [-0.25, -0.2) is 0 Å². The molecule has 0 spiro atoms. The summed E-state index contributed by atoms with van der Waals surface area (Å²) >= 11 is 0. The van der Waals surface area contributed by atoms with Crippen molar-refractivity contribution in [1.82, 2.24) is 15.1 Å². The zero-order chi connectivity index (χ0) is 14.2. The third kappa shape index (κ3) is 4.24. The normalized spacial score (nSPS) is 10.4. The first-order chi connectivity index (χ1) is 9.79. The summed E-state index contributed by atoms with van der Waals surface area (Å²) in [6, 6.07) is 10.2. The van der Waals surface area contributed by atoms with Crippen LogP contribution in [0.3, 0.4) is 0 Å². The van der Waals surface area contributed by atoms with Crippen LogP contribution in [0.2, 0.25) is 0 Å². The van der Waals surface area contributed by atoms with E-state index in [1.165, 1.54) is 11.3 Å². The lowest BCUT2D eigenvalue weighted by atomic mass is 10.2. The Labute approximate surface area is 120 Å². The molecule has 1 aromatic heterocycles. The smallest absolute Gasteiger partial charge is 0.119 e. The average molecular weight is 271 g/mol. The van der Waals surface area contributed by atoms with Crippen molar-refractivity contribution in [1.29, 1.82) is 0 Å². The number of hydrogen-bond acceptors (Lipinski definition) is 3. The minimum Gasteiger partial charge on any atom is -0.490 e. The van der Waals surface area contributed by atoms with Crippen LogP contribution >= 0.6 is 0 Å². The molecule has 106 valence electrons. The fraction of sp³-hybridized carbons (Fsp3) is 0.312. The maximum Gasteiger partial charge on any atom is 0.119 e. The van der Waals surface area contributed by atoms with Crippen molar-refractivity contribution in [3.8, 4) is 5.75 Å². The van der Waals surface area contributed by atoms with Crippen molar-refractivity contribution in [2.24, 2.45) is 7.05 Å². The van der Waals surface area contributed by atoms with Gasteiger partial charge in [0.2, 0.25) is 0 Å². The molecule has 0 aliphatic carbocycles. The Balaban J connectivity index is 1.71. The van der Waals surface area contributed by atoms with Crippen LogP contribution in [0, 0.1) is 0 Å². The number of nitrogens with one attached hydrogen (secondary N) is 1. The van der Waals surface area contributed by atoms with Crippen LogP contribution in [0.15, 0.2) is 49.2 Å². The number of rotatable bonds is 8. The molecule has 4 nitrogen and oxygen atoms in total. The number of benzene rings is 1. The van der Waals surface area contributed by atoms with Crippen molar-refractivity contribution >= 4 is 0 Å². The zero-order valence-electron chi connectivity index (χ0n) is 11.9. The van der Waals surface area contributed by atoms with E-state index in [0.29, 0.717) is 6.61 Å². The number of hydrogen-bond donors (Lipinski definition) is 1. The maximum absolute atomic E-state index is 5.45. The van der Waals surface area contributed by atoms with Gasteiger partial charge in [0.25, 0.3) is 0 Å². The molecule has 0 radical (unpaired) electrons. The van der Waals surface area contributed by atoms with Crippen molar-refractivity contribution in [2.45, 2.75) is 13.0 Å². The molecule has 20 heavy (non-hydrogen) atoms. The SMILES string of the molecule is C=CCOc1ccc(CNCCc2ccnn2C)cc1. The molecule has 0 atom stereocenters. The van der Waals surface area contributed by atoms with Crippen LogP contribution in [0.1, 0.15) is 11.3 Å². The van der Waals surface area contributed by atoms with E-state index in [0.717, 1.165) is 25.3 Å². The van der Waals surface area contributed by atoms with E-state index in [1.54, 1.807) is 6.08 Å². The van der Waals surface area contributed by atoms with Gasteiger partial charge in [-0.1, -0.05) is 24.8 Å². The highest BCUT2D eigenvalue weighted by Gasteiger charge is 1.98. The molecule has 0 unspecified atom stereocenters. The van der Waals surface area contributed by atoms with Gasteiger partial charge in [0.1, 0.15) is 12.4 Å². The molecule has 0 saturated heterocycles. The second-order valence-corrected chi connectivity index (χ2v) is 4.62. The van der Waals surface area contributed by atoms with E-state index in [2.05, 4.69) is 29.1 Å². The Morgan fingerprint density at radius 2 is 2.10 bits per heavy atom. The molecule has 0 aliphatic rings. The van der Waals surface area contributed by atoms with Gasteiger partial charge in [-0.05, 0) is 23.8 Å². The standard InChI is InChI=1S/C16H21N3O/c1-3-12-20-16-6-4-14(5-7-16)13-17-10-8-15-9-11-18-19(15)2/h3-7,9,11,17H,1,8,10,12-13H2,2H3. The van der Waals surface area contributed by atoms with Gasteiger partial charge in [-0.15, -0.1) is 0 Å². The van der Waals surface area contributed by atoms with E-state index in [-0.39, 0.29) is 0 Å². The molecule has 1 heterocycles. The summed E-state index contributed by atoms with van der Waals surface area (Å²) in [6.07, 6.45) is 4.56. The minimum absolute atomic E-state index is 0.544. The van der Waals surface area contributed by atoms with Crippen LogP contribution < -0.4 is 10.1 Å². The highest BCUT2D eigenvalue weighted by atomic mass is 16.5. The fourth-order valence-electron chi connectivity index (χ4n) is 1.95. The van der Waals surface area contributed by atoms with Gasteiger partial charge in [-0.3, -0.25) is 4.68 Å². The molecule has 2 rings (SSSR count).